The van der Waals surface area contributed by atoms with E-state index in [1.165, 1.54) is 16.4 Å². The van der Waals surface area contributed by atoms with Gasteiger partial charge in [-0.05, 0) is 43.5 Å². The van der Waals surface area contributed by atoms with Gasteiger partial charge in [0.1, 0.15) is 23.7 Å². The third-order valence-corrected chi connectivity index (χ3v) is 10.1. The van der Waals surface area contributed by atoms with Gasteiger partial charge in [-0.1, -0.05) is 20.3 Å². The molecule has 3 heterocycles. The highest BCUT2D eigenvalue weighted by molar-refractivity contribution is 7.89. The molecular formula is C32H43N5O11S. The van der Waals surface area contributed by atoms with Crippen molar-refractivity contribution in [1.29, 1.82) is 0 Å². The molecule has 17 heteroatoms. The number of rotatable bonds is 17. The highest BCUT2D eigenvalue weighted by Crippen LogP contribution is 2.33. The molecule has 0 saturated carbocycles. The van der Waals surface area contributed by atoms with Gasteiger partial charge in [0.05, 0.1) is 35.4 Å². The Bertz CT molecular complexity index is 1850. The second kappa shape index (κ2) is 15.9. The lowest BCUT2D eigenvalue weighted by Crippen LogP contribution is -2.49. The summed E-state index contributed by atoms with van der Waals surface area (Å²) in [5.41, 5.74) is -0.823. The predicted molar refractivity (Wildman–Crippen MR) is 177 cm³/mol. The molecule has 268 valence electrons. The fourth-order valence-corrected chi connectivity index (χ4v) is 7.13. The molecule has 49 heavy (non-hydrogen) atoms. The number of nitrogens with zero attached hydrogens (tertiary/aromatic N) is 4. The monoisotopic (exact) mass is 705 g/mol. The number of aliphatic hydroxyl groups is 1. The first kappa shape index (κ1) is 37.5. The Kier molecular flexibility index (Phi) is 12.2. The lowest BCUT2D eigenvalue weighted by atomic mass is 9.96. The van der Waals surface area contributed by atoms with Crippen LogP contribution in [0, 0.1) is 0 Å². The van der Waals surface area contributed by atoms with E-state index >= 15 is 0 Å². The molecule has 0 amide bonds. The summed E-state index contributed by atoms with van der Waals surface area (Å²) in [6.45, 7) is 7.80. The standard InChI is InChI=1S/C32H43N5O11S/c1-4-7-21-20-36(6-3)28-27(21)33-29(34-30(28)41)23-17-22(8-9-24(23)47-15-5-2)49(45,46)37-12-10-35(11-13-37)14-16-48-26(40)19-32(44,31(42)43)18-25(38)39/h8-9,17,20,44H,4-7,10-16,18-19H2,1-3H3,(H,38,39)(H,42,43)(H,33,34,41)/t32-/m0/s1. The maximum atomic E-state index is 13.8. The molecule has 1 aliphatic heterocycles. The number of sulfonamides is 1. The van der Waals surface area contributed by atoms with Crippen molar-refractivity contribution < 1.29 is 47.6 Å². The fraction of sp³-hybridized carbons (Fsp3) is 0.531. The van der Waals surface area contributed by atoms with Crippen LogP contribution < -0.4 is 10.3 Å². The van der Waals surface area contributed by atoms with Gasteiger partial charge in [-0.2, -0.15) is 4.31 Å². The molecule has 16 nitrogen and oxygen atoms in total. The average molecular weight is 706 g/mol. The summed E-state index contributed by atoms with van der Waals surface area (Å²) in [6.07, 6.45) is 2.02. The van der Waals surface area contributed by atoms with Gasteiger partial charge in [0.15, 0.2) is 5.60 Å². The van der Waals surface area contributed by atoms with E-state index in [2.05, 4.69) is 4.98 Å². The molecule has 3 aromatic rings. The third kappa shape index (κ3) is 8.65. The SMILES string of the molecule is CCCOc1ccc(S(=O)(=O)N2CCN(CCOC(=O)C[C@@](O)(CC(=O)O)C(=O)O)CC2)cc1-c1nc2c(CCC)cn(CC)c2c(=O)[nH]1. The maximum Gasteiger partial charge on any atom is 0.336 e. The molecule has 1 fully saturated rings. The minimum atomic E-state index is -3.98. The quantitative estimate of drug-likeness (QED) is 0.147. The van der Waals surface area contributed by atoms with Crippen LogP contribution in [-0.2, 0) is 42.1 Å². The number of H-pyrrole nitrogens is 1. The Labute approximate surface area is 283 Å². The largest absolute Gasteiger partial charge is 0.493 e. The Morgan fingerprint density at radius 2 is 1.73 bits per heavy atom. The van der Waals surface area contributed by atoms with Crippen molar-refractivity contribution in [2.45, 2.75) is 69.9 Å². The number of fused-ring (bicyclic) bond motifs is 1. The molecule has 0 spiro atoms. The first-order chi connectivity index (χ1) is 23.2. The number of piperazine rings is 1. The normalized spacial score (nSPS) is 15.6. The molecule has 1 aliphatic rings. The highest BCUT2D eigenvalue weighted by atomic mass is 32.2. The first-order valence-electron chi connectivity index (χ1n) is 16.2. The number of hydrogen-bond acceptors (Lipinski definition) is 11. The van der Waals surface area contributed by atoms with Gasteiger partial charge in [-0.25, -0.2) is 18.2 Å². The van der Waals surface area contributed by atoms with E-state index in [4.69, 9.17) is 24.7 Å². The van der Waals surface area contributed by atoms with Gasteiger partial charge in [-0.15, -0.1) is 0 Å². The van der Waals surface area contributed by atoms with Crippen LogP contribution in [0.2, 0.25) is 0 Å². The number of aromatic amines is 1. The molecule has 1 saturated heterocycles. The smallest absolute Gasteiger partial charge is 0.336 e. The molecule has 1 atom stereocenters. The topological polar surface area (TPSA) is 222 Å². The number of carboxylic acids is 2. The molecule has 0 bridgehead atoms. The Morgan fingerprint density at radius 1 is 1.02 bits per heavy atom. The minimum Gasteiger partial charge on any atom is -0.493 e. The van der Waals surface area contributed by atoms with Crippen molar-refractivity contribution in [1.82, 2.24) is 23.7 Å². The number of ether oxygens (including phenoxy) is 2. The van der Waals surface area contributed by atoms with E-state index in [-0.39, 0.29) is 42.5 Å². The van der Waals surface area contributed by atoms with E-state index in [0.29, 0.717) is 55.0 Å². The number of benzene rings is 1. The van der Waals surface area contributed by atoms with Gasteiger partial charge >= 0.3 is 17.9 Å². The summed E-state index contributed by atoms with van der Waals surface area (Å²) in [5, 5.41) is 28.0. The second-order valence-electron chi connectivity index (χ2n) is 11.9. The lowest BCUT2D eigenvalue weighted by molar-refractivity contribution is -0.172. The number of nitrogens with one attached hydrogen (secondary N) is 1. The third-order valence-electron chi connectivity index (χ3n) is 8.24. The summed E-state index contributed by atoms with van der Waals surface area (Å²) >= 11 is 0. The summed E-state index contributed by atoms with van der Waals surface area (Å²) in [5.74, 6) is -3.92. The van der Waals surface area contributed by atoms with Gasteiger partial charge < -0.3 is 34.3 Å². The molecule has 0 aliphatic carbocycles. The van der Waals surface area contributed by atoms with Crippen LogP contribution in [0.3, 0.4) is 0 Å². The van der Waals surface area contributed by atoms with Crippen molar-refractivity contribution in [2.75, 3.05) is 45.9 Å². The number of aliphatic carboxylic acids is 2. The molecule has 4 N–H and O–H groups in total. The van der Waals surface area contributed by atoms with Crippen LogP contribution in [0.1, 0.15) is 52.0 Å². The number of aromatic nitrogens is 3. The van der Waals surface area contributed by atoms with Crippen LogP contribution in [0.25, 0.3) is 22.4 Å². The summed E-state index contributed by atoms with van der Waals surface area (Å²) in [4.78, 5) is 57.1. The van der Waals surface area contributed by atoms with Gasteiger partial charge in [-0.3, -0.25) is 19.3 Å². The number of hydrogen-bond donors (Lipinski definition) is 4. The number of aryl methyl sites for hydroxylation is 2. The van der Waals surface area contributed by atoms with Gasteiger partial charge in [0.25, 0.3) is 5.56 Å². The van der Waals surface area contributed by atoms with Gasteiger partial charge in [0, 0.05) is 45.5 Å². The van der Waals surface area contributed by atoms with E-state index < -0.39 is 46.4 Å². The summed E-state index contributed by atoms with van der Waals surface area (Å²) < 4.78 is 41.8. The molecule has 2 aromatic heterocycles. The van der Waals surface area contributed by atoms with E-state index in [1.54, 1.807) is 6.07 Å². The number of carbonyl (C=O) groups excluding carboxylic acids is 1. The fourth-order valence-electron chi connectivity index (χ4n) is 5.68. The van der Waals surface area contributed by atoms with Crippen molar-refractivity contribution in [2.24, 2.45) is 0 Å². The first-order valence-corrected chi connectivity index (χ1v) is 17.6. The van der Waals surface area contributed by atoms with Crippen molar-refractivity contribution in [3.8, 4) is 17.1 Å². The zero-order valence-electron chi connectivity index (χ0n) is 27.8. The molecule has 4 rings (SSSR count). The predicted octanol–water partition coefficient (Wildman–Crippen LogP) is 1.68. The maximum absolute atomic E-state index is 13.8. The van der Waals surface area contributed by atoms with Crippen LogP contribution in [0.15, 0.2) is 34.1 Å². The van der Waals surface area contributed by atoms with Gasteiger partial charge in [0.2, 0.25) is 10.0 Å². The molecular weight excluding hydrogens is 662 g/mol. The van der Waals surface area contributed by atoms with E-state index in [0.717, 1.165) is 18.4 Å². The lowest BCUT2D eigenvalue weighted by Gasteiger charge is -2.33. The highest BCUT2D eigenvalue weighted by Gasteiger charge is 2.41. The number of esters is 1. The number of carbonyl (C=O) groups is 3. The van der Waals surface area contributed by atoms with Crippen LogP contribution in [0.4, 0.5) is 0 Å². The minimum absolute atomic E-state index is 0.00339. The van der Waals surface area contributed by atoms with E-state index in [9.17, 15) is 32.7 Å². The zero-order valence-corrected chi connectivity index (χ0v) is 28.6. The Hall–Kier alpha value is -4.32. The van der Waals surface area contributed by atoms with Crippen molar-refractivity contribution in [3.05, 3.63) is 40.3 Å². The van der Waals surface area contributed by atoms with Crippen LogP contribution in [-0.4, -0.2) is 117 Å². The van der Waals surface area contributed by atoms with E-state index in [1.807, 2.05) is 36.4 Å². The van der Waals surface area contributed by atoms with Crippen molar-refractivity contribution >= 4 is 39.0 Å². The molecule has 0 radical (unpaired) electrons. The molecule has 1 aromatic carbocycles. The Balaban J connectivity index is 1.48. The van der Waals surface area contributed by atoms with Crippen LogP contribution >= 0.6 is 0 Å². The average Bonchev–Trinajstić information content (AvgIpc) is 3.41. The Morgan fingerprint density at radius 3 is 2.35 bits per heavy atom. The number of carboxylic acid groups (broad SMARTS) is 2. The summed E-state index contributed by atoms with van der Waals surface area (Å²) in [7, 11) is -3.98. The van der Waals surface area contributed by atoms with Crippen LogP contribution in [0.5, 0.6) is 5.75 Å². The molecule has 0 unspecified atom stereocenters. The van der Waals surface area contributed by atoms with Crippen molar-refractivity contribution in [3.63, 3.8) is 0 Å². The zero-order chi connectivity index (χ0) is 35.9. The second-order valence-corrected chi connectivity index (χ2v) is 13.8. The summed E-state index contributed by atoms with van der Waals surface area (Å²) in [6, 6.07) is 4.50.